The minimum absolute atomic E-state index is 0.0302. The summed E-state index contributed by atoms with van der Waals surface area (Å²) in [5.74, 6) is 0.813. The van der Waals surface area contributed by atoms with Gasteiger partial charge in [0.2, 0.25) is 5.91 Å². The molecule has 158 valence electrons. The molecule has 9 heteroatoms. The topological polar surface area (TPSA) is 97.0 Å². The fraction of sp³-hybridized carbons (Fsp3) is 0.429. The van der Waals surface area contributed by atoms with Gasteiger partial charge < -0.3 is 9.42 Å². The van der Waals surface area contributed by atoms with Crippen molar-refractivity contribution in [3.8, 4) is 5.69 Å². The Labute approximate surface area is 172 Å². The lowest BCUT2D eigenvalue weighted by atomic mass is 9.94. The number of para-hydroxylation sites is 1. The molecule has 1 atom stereocenters. The number of rotatable bonds is 5. The molecule has 0 bridgehead atoms. The maximum Gasteiger partial charge on any atom is 0.348 e. The number of carbonyl (C=O) groups is 1. The van der Waals surface area contributed by atoms with Gasteiger partial charge in [-0.3, -0.25) is 4.79 Å². The van der Waals surface area contributed by atoms with Gasteiger partial charge in [0.25, 0.3) is 0 Å². The monoisotopic (exact) mass is 413 g/mol. The van der Waals surface area contributed by atoms with Crippen molar-refractivity contribution in [2.75, 3.05) is 13.1 Å². The summed E-state index contributed by atoms with van der Waals surface area (Å²) in [6.07, 6.45) is 2.51. The van der Waals surface area contributed by atoms with Crippen LogP contribution in [0.4, 0.5) is 4.39 Å². The Bertz CT molecular complexity index is 1100. The molecule has 0 aliphatic carbocycles. The first-order chi connectivity index (χ1) is 14.4. The third-order valence-electron chi connectivity index (χ3n) is 5.69. The standard InChI is InChI=1S/C21H24FN5O3/c1-13-16(14(2)30-25-13)11-20(28)26-9-5-6-15(12-26)10-19-23-24-21(29)27(19)18-8-4-3-7-17(18)22/h3-4,7-8,15H,5-6,9-12H2,1-2H3,(H,24,29). The molecule has 1 unspecified atom stereocenters. The first-order valence-electron chi connectivity index (χ1n) is 10.0. The van der Waals surface area contributed by atoms with Crippen LogP contribution in [0.15, 0.2) is 33.6 Å². The molecule has 2 aromatic heterocycles. The third-order valence-corrected chi connectivity index (χ3v) is 5.69. The second-order valence-corrected chi connectivity index (χ2v) is 7.76. The molecule has 1 saturated heterocycles. The molecule has 3 aromatic rings. The van der Waals surface area contributed by atoms with Gasteiger partial charge in [0.05, 0.1) is 17.8 Å². The molecule has 1 aliphatic heterocycles. The lowest BCUT2D eigenvalue weighted by Crippen LogP contribution is -2.41. The Kier molecular flexibility index (Phi) is 5.52. The largest absolute Gasteiger partial charge is 0.361 e. The van der Waals surface area contributed by atoms with Gasteiger partial charge in [0.15, 0.2) is 0 Å². The lowest BCUT2D eigenvalue weighted by Gasteiger charge is -2.32. The summed E-state index contributed by atoms with van der Waals surface area (Å²) >= 11 is 0. The molecule has 1 N–H and O–H groups in total. The molecular weight excluding hydrogens is 389 g/mol. The van der Waals surface area contributed by atoms with Gasteiger partial charge in [0.1, 0.15) is 17.4 Å². The highest BCUT2D eigenvalue weighted by Crippen LogP contribution is 2.23. The van der Waals surface area contributed by atoms with Crippen LogP contribution in [-0.2, 0) is 17.6 Å². The molecule has 1 amide bonds. The van der Waals surface area contributed by atoms with E-state index in [2.05, 4.69) is 15.4 Å². The summed E-state index contributed by atoms with van der Waals surface area (Å²) in [4.78, 5) is 26.9. The summed E-state index contributed by atoms with van der Waals surface area (Å²) < 4.78 is 20.7. The normalized spacial score (nSPS) is 16.8. The Morgan fingerprint density at radius 3 is 2.87 bits per heavy atom. The number of likely N-dealkylation sites (tertiary alicyclic amines) is 1. The molecule has 3 heterocycles. The van der Waals surface area contributed by atoms with Crippen molar-refractivity contribution in [3.63, 3.8) is 0 Å². The second kappa shape index (κ2) is 8.25. The minimum atomic E-state index is -0.484. The van der Waals surface area contributed by atoms with E-state index in [-0.39, 0.29) is 23.9 Å². The van der Waals surface area contributed by atoms with E-state index in [9.17, 15) is 14.0 Å². The van der Waals surface area contributed by atoms with E-state index in [4.69, 9.17) is 4.52 Å². The molecule has 8 nitrogen and oxygen atoms in total. The number of aromatic amines is 1. The fourth-order valence-corrected chi connectivity index (χ4v) is 4.08. The van der Waals surface area contributed by atoms with Crippen molar-refractivity contribution in [1.29, 1.82) is 0 Å². The number of hydrogen-bond acceptors (Lipinski definition) is 5. The van der Waals surface area contributed by atoms with Crippen molar-refractivity contribution < 1.29 is 13.7 Å². The third kappa shape index (κ3) is 3.92. The predicted molar refractivity (Wildman–Crippen MR) is 107 cm³/mol. The van der Waals surface area contributed by atoms with Crippen LogP contribution in [-0.4, -0.2) is 43.8 Å². The number of benzene rings is 1. The highest BCUT2D eigenvalue weighted by molar-refractivity contribution is 5.79. The van der Waals surface area contributed by atoms with Crippen molar-refractivity contribution in [1.82, 2.24) is 24.8 Å². The Morgan fingerprint density at radius 1 is 1.33 bits per heavy atom. The number of halogens is 1. The molecule has 4 rings (SSSR count). The van der Waals surface area contributed by atoms with E-state index in [1.165, 1.54) is 10.6 Å². The summed E-state index contributed by atoms with van der Waals surface area (Å²) in [5.41, 5.74) is 1.27. The van der Waals surface area contributed by atoms with Crippen LogP contribution in [0.2, 0.25) is 0 Å². The van der Waals surface area contributed by atoms with Gasteiger partial charge in [-0.25, -0.2) is 18.9 Å². The molecule has 1 fully saturated rings. The van der Waals surface area contributed by atoms with Crippen LogP contribution in [0.25, 0.3) is 5.69 Å². The van der Waals surface area contributed by atoms with Gasteiger partial charge in [0, 0.05) is 25.1 Å². The maximum absolute atomic E-state index is 14.2. The number of piperidine rings is 1. The highest BCUT2D eigenvalue weighted by atomic mass is 19.1. The fourth-order valence-electron chi connectivity index (χ4n) is 4.08. The van der Waals surface area contributed by atoms with E-state index in [0.717, 1.165) is 24.1 Å². The summed E-state index contributed by atoms with van der Waals surface area (Å²) in [7, 11) is 0. The van der Waals surface area contributed by atoms with Crippen molar-refractivity contribution >= 4 is 5.91 Å². The number of nitrogens with one attached hydrogen (secondary N) is 1. The van der Waals surface area contributed by atoms with E-state index in [0.29, 0.717) is 31.1 Å². The number of aromatic nitrogens is 4. The first kappa shape index (κ1) is 20.1. The Balaban J connectivity index is 1.48. The van der Waals surface area contributed by atoms with Gasteiger partial charge in [-0.05, 0) is 44.7 Å². The molecule has 0 saturated carbocycles. The zero-order chi connectivity index (χ0) is 21.3. The predicted octanol–water partition coefficient (Wildman–Crippen LogP) is 2.33. The summed E-state index contributed by atoms with van der Waals surface area (Å²) in [5, 5.41) is 10.5. The number of nitrogens with zero attached hydrogens (tertiary/aromatic N) is 4. The molecule has 0 spiro atoms. The lowest BCUT2D eigenvalue weighted by molar-refractivity contribution is -0.132. The van der Waals surface area contributed by atoms with Crippen LogP contribution >= 0.6 is 0 Å². The first-order valence-corrected chi connectivity index (χ1v) is 10.0. The number of H-pyrrole nitrogens is 1. The van der Waals surface area contributed by atoms with Crippen molar-refractivity contribution in [2.45, 2.75) is 39.5 Å². The molecule has 1 aromatic carbocycles. The number of hydrogen-bond donors (Lipinski definition) is 1. The number of amides is 1. The van der Waals surface area contributed by atoms with Gasteiger partial charge in [-0.15, -0.1) is 0 Å². The zero-order valence-electron chi connectivity index (χ0n) is 17.0. The van der Waals surface area contributed by atoms with E-state index in [1.54, 1.807) is 25.1 Å². The highest BCUT2D eigenvalue weighted by Gasteiger charge is 2.27. The second-order valence-electron chi connectivity index (χ2n) is 7.76. The van der Waals surface area contributed by atoms with Crippen molar-refractivity contribution in [3.05, 3.63) is 63.4 Å². The van der Waals surface area contributed by atoms with E-state index in [1.807, 2.05) is 11.8 Å². The average Bonchev–Trinajstić information content (AvgIpc) is 3.25. The van der Waals surface area contributed by atoms with Gasteiger partial charge >= 0.3 is 5.69 Å². The SMILES string of the molecule is Cc1noc(C)c1CC(=O)N1CCCC(Cc2n[nH]c(=O)n2-c2ccccc2F)C1. The number of aryl methyl sites for hydroxylation is 2. The molecular formula is C21H24FN5O3. The zero-order valence-corrected chi connectivity index (χ0v) is 17.0. The van der Waals surface area contributed by atoms with Crippen molar-refractivity contribution in [2.24, 2.45) is 5.92 Å². The van der Waals surface area contributed by atoms with Crippen LogP contribution in [0.5, 0.6) is 0 Å². The van der Waals surface area contributed by atoms with Crippen LogP contribution in [0.3, 0.4) is 0 Å². The molecule has 1 aliphatic rings. The smallest absolute Gasteiger partial charge is 0.348 e. The van der Waals surface area contributed by atoms with E-state index >= 15 is 0 Å². The average molecular weight is 413 g/mol. The molecule has 30 heavy (non-hydrogen) atoms. The maximum atomic E-state index is 14.2. The Hall–Kier alpha value is -3.23. The quantitative estimate of drug-likeness (QED) is 0.692. The number of carbonyl (C=O) groups excluding carboxylic acids is 1. The van der Waals surface area contributed by atoms with Crippen LogP contribution in [0, 0.1) is 25.6 Å². The summed E-state index contributed by atoms with van der Waals surface area (Å²) in [6.45, 7) is 4.90. The van der Waals surface area contributed by atoms with E-state index < -0.39 is 11.5 Å². The molecule has 0 radical (unpaired) electrons. The van der Waals surface area contributed by atoms with Crippen LogP contribution in [0.1, 0.15) is 35.7 Å². The van der Waals surface area contributed by atoms with Crippen LogP contribution < -0.4 is 5.69 Å². The Morgan fingerprint density at radius 2 is 2.13 bits per heavy atom. The minimum Gasteiger partial charge on any atom is -0.361 e. The summed E-state index contributed by atoms with van der Waals surface area (Å²) in [6, 6.07) is 6.12. The van der Waals surface area contributed by atoms with Gasteiger partial charge in [-0.2, -0.15) is 5.10 Å². The van der Waals surface area contributed by atoms with Gasteiger partial charge in [-0.1, -0.05) is 17.3 Å².